The molecule has 0 saturated heterocycles. The summed E-state index contributed by atoms with van der Waals surface area (Å²) in [5.74, 6) is -0.313. The summed E-state index contributed by atoms with van der Waals surface area (Å²) in [5.41, 5.74) is 19.0. The van der Waals surface area contributed by atoms with Crippen LogP contribution in [0.15, 0.2) is 188 Å². The van der Waals surface area contributed by atoms with Crippen LogP contribution in [0.1, 0.15) is 11.1 Å². The minimum absolute atomic E-state index is 0. The predicted molar refractivity (Wildman–Crippen MR) is 233 cm³/mol. The largest absolute Gasteiger partial charge is 0.304 e. The molecule has 1 radical (unpaired) electrons. The molecule has 281 valence electrons. The molecule has 0 saturated carbocycles. The minimum Gasteiger partial charge on any atom is -0.304 e. The van der Waals surface area contributed by atoms with E-state index in [0.29, 0.717) is 0 Å². The summed E-state index contributed by atoms with van der Waals surface area (Å²) in [4.78, 5) is 9.82. The van der Waals surface area contributed by atoms with Crippen molar-refractivity contribution in [2.75, 3.05) is 0 Å². The second-order valence-corrected chi connectivity index (χ2v) is 14.3. The molecule has 9 rings (SSSR count). The van der Waals surface area contributed by atoms with Gasteiger partial charge in [-0.2, -0.15) is 0 Å². The number of benzene rings is 7. The molecule has 0 aliphatic rings. The van der Waals surface area contributed by atoms with E-state index in [2.05, 4.69) is 159 Å². The number of aryl methyl sites for hydroxylation is 2. The topological polar surface area (TPSA) is 25.8 Å². The second-order valence-electron chi connectivity index (χ2n) is 14.3. The Morgan fingerprint density at radius 1 is 0.414 bits per heavy atom. The van der Waals surface area contributed by atoms with E-state index in [-0.39, 0.29) is 25.9 Å². The Balaban J connectivity index is 0.00000469. The van der Waals surface area contributed by atoms with Crippen LogP contribution in [0.3, 0.4) is 0 Å². The zero-order valence-corrected chi connectivity index (χ0v) is 34.4. The smallest absolute Gasteiger partial charge is 0.0379 e. The molecule has 2 nitrogen and oxygen atoms in total. The van der Waals surface area contributed by atoms with Crippen molar-refractivity contribution >= 4 is 0 Å². The zero-order valence-electron chi connectivity index (χ0n) is 32.0. The van der Waals surface area contributed by atoms with Crippen molar-refractivity contribution in [1.29, 1.82) is 0 Å². The molecule has 0 N–H and O–H groups in total. The van der Waals surface area contributed by atoms with Gasteiger partial charge in [-0.1, -0.05) is 127 Å². The molecule has 58 heavy (non-hydrogen) atoms. The molecule has 7 aromatic carbocycles. The molecule has 0 bridgehead atoms. The number of rotatable bonds is 8. The minimum atomic E-state index is -0.313. The van der Waals surface area contributed by atoms with E-state index in [0.717, 1.165) is 89.3 Å². The van der Waals surface area contributed by atoms with E-state index >= 15 is 0 Å². The van der Waals surface area contributed by atoms with Crippen LogP contribution in [0.5, 0.6) is 0 Å². The standard InChI is InChI=1S/C54H37FN2.Ir/c1-36-29-43(46-17-9-11-19-48(46)51-34-56-53(31-37(51)2)42-25-27-45(55)28-26-42)32-44(30-36)47-18-10-12-20-49(47)52-35-57-54(41-15-7-4-8-16-41)33-50(52)40-23-21-39(22-24-40)38-13-5-3-6-14-38;/h3-15,17-25,27-35H,1-2H3;/q-2;. The Labute approximate surface area is 353 Å². The van der Waals surface area contributed by atoms with Gasteiger partial charge >= 0.3 is 0 Å². The molecule has 0 aliphatic carbocycles. The van der Waals surface area contributed by atoms with Gasteiger partial charge in [0, 0.05) is 49.4 Å². The number of hydrogen-bond acceptors (Lipinski definition) is 2. The summed E-state index contributed by atoms with van der Waals surface area (Å²) in [6.45, 7) is 4.26. The van der Waals surface area contributed by atoms with E-state index in [4.69, 9.17) is 9.97 Å². The Hall–Kier alpha value is -6.58. The van der Waals surface area contributed by atoms with Gasteiger partial charge in [0.1, 0.15) is 0 Å². The van der Waals surface area contributed by atoms with Crippen LogP contribution < -0.4 is 0 Å². The molecule has 0 unspecified atom stereocenters. The third-order valence-corrected chi connectivity index (χ3v) is 10.5. The van der Waals surface area contributed by atoms with Crippen molar-refractivity contribution in [3.8, 4) is 89.3 Å². The van der Waals surface area contributed by atoms with Gasteiger partial charge in [-0.25, -0.2) is 0 Å². The normalized spacial score (nSPS) is 10.9. The fourth-order valence-electron chi connectivity index (χ4n) is 7.67. The van der Waals surface area contributed by atoms with Gasteiger partial charge in [0.25, 0.3) is 0 Å². The van der Waals surface area contributed by atoms with Gasteiger partial charge < -0.3 is 9.97 Å². The van der Waals surface area contributed by atoms with Crippen LogP contribution in [0.25, 0.3) is 89.3 Å². The van der Waals surface area contributed by atoms with Crippen LogP contribution in [-0.4, -0.2) is 9.97 Å². The van der Waals surface area contributed by atoms with Crippen LogP contribution in [0, 0.1) is 31.8 Å². The maximum Gasteiger partial charge on any atom is 0.0379 e. The Morgan fingerprint density at radius 2 is 0.966 bits per heavy atom. The fourth-order valence-corrected chi connectivity index (χ4v) is 7.67. The average Bonchev–Trinajstić information content (AvgIpc) is 3.27. The molecule has 2 heterocycles. The van der Waals surface area contributed by atoms with E-state index in [1.165, 1.54) is 23.3 Å². The maximum absolute atomic E-state index is 13.6. The van der Waals surface area contributed by atoms with Gasteiger partial charge in [-0.3, -0.25) is 4.39 Å². The van der Waals surface area contributed by atoms with E-state index in [1.807, 2.05) is 36.7 Å². The van der Waals surface area contributed by atoms with E-state index in [9.17, 15) is 4.39 Å². The van der Waals surface area contributed by atoms with Crippen LogP contribution >= 0.6 is 0 Å². The van der Waals surface area contributed by atoms with Crippen molar-refractivity contribution in [2.24, 2.45) is 0 Å². The van der Waals surface area contributed by atoms with Gasteiger partial charge in [0.05, 0.1) is 0 Å². The van der Waals surface area contributed by atoms with Crippen LogP contribution in [0.4, 0.5) is 4.39 Å². The number of hydrogen-bond donors (Lipinski definition) is 0. The average molecular weight is 925 g/mol. The third kappa shape index (κ3) is 7.86. The van der Waals surface area contributed by atoms with Crippen molar-refractivity contribution in [3.63, 3.8) is 0 Å². The van der Waals surface area contributed by atoms with Gasteiger partial charge in [-0.15, -0.1) is 65.7 Å². The third-order valence-electron chi connectivity index (χ3n) is 10.5. The summed E-state index contributed by atoms with van der Waals surface area (Å²) >= 11 is 0. The van der Waals surface area contributed by atoms with Gasteiger partial charge in [-0.05, 0) is 98.1 Å². The van der Waals surface area contributed by atoms with E-state index < -0.39 is 0 Å². The first kappa shape index (κ1) is 38.3. The van der Waals surface area contributed by atoms with Gasteiger partial charge in [0.15, 0.2) is 0 Å². The molecular formula is C54H37FIrN2-2. The first-order chi connectivity index (χ1) is 28.0. The Morgan fingerprint density at radius 3 is 1.59 bits per heavy atom. The van der Waals surface area contributed by atoms with Crippen molar-refractivity contribution in [1.82, 2.24) is 9.97 Å². The number of aromatic nitrogens is 2. The molecule has 0 atom stereocenters. The van der Waals surface area contributed by atoms with E-state index in [1.54, 1.807) is 6.07 Å². The van der Waals surface area contributed by atoms with Gasteiger partial charge in [0.2, 0.25) is 0 Å². The Kier molecular flexibility index (Phi) is 11.1. The summed E-state index contributed by atoms with van der Waals surface area (Å²) in [7, 11) is 0. The summed E-state index contributed by atoms with van der Waals surface area (Å²) in [5, 5.41) is 0. The molecule has 9 aromatic rings. The van der Waals surface area contributed by atoms with Crippen LogP contribution in [-0.2, 0) is 20.1 Å². The molecule has 0 aliphatic heterocycles. The van der Waals surface area contributed by atoms with Crippen LogP contribution in [0.2, 0.25) is 0 Å². The monoisotopic (exact) mass is 925 g/mol. The number of nitrogens with zero attached hydrogens (tertiary/aromatic N) is 2. The quantitative estimate of drug-likeness (QED) is 0.142. The molecule has 2 aromatic heterocycles. The molecule has 0 fully saturated rings. The maximum atomic E-state index is 13.6. The fraction of sp³-hybridized carbons (Fsp3) is 0.0370. The number of pyridine rings is 2. The van der Waals surface area contributed by atoms with Crippen molar-refractivity contribution < 1.29 is 24.5 Å². The summed E-state index contributed by atoms with van der Waals surface area (Å²) < 4.78 is 13.6. The zero-order chi connectivity index (χ0) is 38.7. The molecular weight excluding hydrogens is 888 g/mol. The molecule has 0 spiro atoms. The molecule has 4 heteroatoms. The van der Waals surface area contributed by atoms with Crippen molar-refractivity contribution in [3.05, 3.63) is 217 Å². The first-order valence-corrected chi connectivity index (χ1v) is 19.1. The second kappa shape index (κ2) is 16.9. The first-order valence-electron chi connectivity index (χ1n) is 19.1. The summed E-state index contributed by atoms with van der Waals surface area (Å²) in [6, 6.07) is 66.4. The predicted octanol–water partition coefficient (Wildman–Crippen LogP) is 14.2. The molecule has 0 amide bonds. The SMILES string of the molecule is Cc1cc(-c2ccccc2-c2cnc(-c3[c-]cc(F)cc3)cc2C)cc(-c2ccccc2-c2cnc(-c3[c-]cccc3)cc2-c2ccc(-c3ccccc3)cc2)c1.[Ir]. The summed E-state index contributed by atoms with van der Waals surface area (Å²) in [6.07, 6.45) is 3.94. The van der Waals surface area contributed by atoms with Crippen molar-refractivity contribution in [2.45, 2.75) is 13.8 Å². The Bertz CT molecular complexity index is 2850. The number of halogens is 1.